The second kappa shape index (κ2) is 7.84. The first-order valence-corrected chi connectivity index (χ1v) is 9.22. The molecule has 1 fully saturated rings. The van der Waals surface area contributed by atoms with E-state index in [2.05, 4.69) is 19.9 Å². The highest BCUT2D eigenvalue weighted by Gasteiger charge is 2.21. The first kappa shape index (κ1) is 16.3. The maximum Gasteiger partial charge on any atom is 0.232 e. The zero-order valence-electron chi connectivity index (χ0n) is 13.0. The zero-order chi connectivity index (χ0) is 16.1. The van der Waals surface area contributed by atoms with Crippen LogP contribution in [-0.4, -0.2) is 40.9 Å². The van der Waals surface area contributed by atoms with E-state index in [0.29, 0.717) is 23.4 Å². The standard InChI is InChI=1S/C16H19ClN4OS/c1-23-16-19-8-4-14(20-16)21-9-5-12(6-10-21)11-22-15-13(17)3-2-7-18-15/h2-4,7-8,12H,5-6,9-11H2,1H3. The molecule has 0 atom stereocenters. The van der Waals surface area contributed by atoms with Crippen molar-refractivity contribution in [2.24, 2.45) is 5.92 Å². The Kier molecular flexibility index (Phi) is 5.56. The number of hydrogen-bond donors (Lipinski definition) is 0. The molecule has 0 spiro atoms. The second-order valence-electron chi connectivity index (χ2n) is 5.43. The molecule has 23 heavy (non-hydrogen) atoms. The molecule has 0 amide bonds. The molecule has 2 aromatic heterocycles. The zero-order valence-corrected chi connectivity index (χ0v) is 14.6. The van der Waals surface area contributed by atoms with Gasteiger partial charge in [0, 0.05) is 25.5 Å². The van der Waals surface area contributed by atoms with Crippen molar-refractivity contribution in [1.29, 1.82) is 0 Å². The van der Waals surface area contributed by atoms with E-state index < -0.39 is 0 Å². The molecule has 0 radical (unpaired) electrons. The fraction of sp³-hybridized carbons (Fsp3) is 0.438. The van der Waals surface area contributed by atoms with Crippen LogP contribution in [0.2, 0.25) is 5.02 Å². The number of rotatable bonds is 5. The predicted octanol–water partition coefficient (Wildman–Crippen LogP) is 3.54. The SMILES string of the molecule is CSc1nccc(N2CCC(COc3ncccc3Cl)CC2)n1. The van der Waals surface area contributed by atoms with Gasteiger partial charge in [0.1, 0.15) is 10.8 Å². The lowest BCUT2D eigenvalue weighted by Gasteiger charge is -2.32. The van der Waals surface area contributed by atoms with E-state index in [1.54, 1.807) is 30.1 Å². The molecule has 5 nitrogen and oxygen atoms in total. The maximum atomic E-state index is 6.06. The minimum Gasteiger partial charge on any atom is -0.476 e. The van der Waals surface area contributed by atoms with Crippen LogP contribution < -0.4 is 9.64 Å². The number of hydrogen-bond acceptors (Lipinski definition) is 6. The Labute approximate surface area is 145 Å². The number of ether oxygens (including phenoxy) is 1. The summed E-state index contributed by atoms with van der Waals surface area (Å²) in [4.78, 5) is 15.3. The molecule has 1 aliphatic rings. The number of halogens is 1. The van der Waals surface area contributed by atoms with Gasteiger partial charge in [-0.25, -0.2) is 15.0 Å². The summed E-state index contributed by atoms with van der Waals surface area (Å²) >= 11 is 7.63. The number of nitrogens with zero attached hydrogens (tertiary/aromatic N) is 4. The van der Waals surface area contributed by atoms with Crippen molar-refractivity contribution in [3.05, 3.63) is 35.6 Å². The van der Waals surface area contributed by atoms with Gasteiger partial charge >= 0.3 is 0 Å². The van der Waals surface area contributed by atoms with E-state index in [9.17, 15) is 0 Å². The smallest absolute Gasteiger partial charge is 0.232 e. The van der Waals surface area contributed by atoms with Crippen LogP contribution in [0.1, 0.15) is 12.8 Å². The molecule has 1 aliphatic heterocycles. The summed E-state index contributed by atoms with van der Waals surface area (Å²) in [5.74, 6) is 2.06. The van der Waals surface area contributed by atoms with Crippen LogP contribution in [0, 0.1) is 5.92 Å². The highest BCUT2D eigenvalue weighted by Crippen LogP contribution is 2.25. The molecule has 3 heterocycles. The van der Waals surface area contributed by atoms with Crippen LogP contribution in [0.3, 0.4) is 0 Å². The molecule has 0 aliphatic carbocycles. The normalized spacial score (nSPS) is 15.7. The van der Waals surface area contributed by atoms with Crippen LogP contribution in [0.25, 0.3) is 0 Å². The molecule has 2 aromatic rings. The lowest BCUT2D eigenvalue weighted by Crippen LogP contribution is -2.36. The Bertz CT molecular complexity index is 649. The lowest BCUT2D eigenvalue weighted by molar-refractivity contribution is 0.216. The predicted molar refractivity (Wildman–Crippen MR) is 93.5 cm³/mol. The van der Waals surface area contributed by atoms with Gasteiger partial charge in [0.05, 0.1) is 6.61 Å². The van der Waals surface area contributed by atoms with E-state index in [0.717, 1.165) is 36.9 Å². The number of piperidine rings is 1. The Hall–Kier alpha value is -1.53. The Morgan fingerprint density at radius 3 is 2.83 bits per heavy atom. The summed E-state index contributed by atoms with van der Waals surface area (Å²) in [6.45, 7) is 2.62. The van der Waals surface area contributed by atoms with Gasteiger partial charge in [-0.2, -0.15) is 0 Å². The lowest BCUT2D eigenvalue weighted by atomic mass is 9.98. The number of pyridine rings is 1. The first-order valence-electron chi connectivity index (χ1n) is 7.61. The van der Waals surface area contributed by atoms with E-state index >= 15 is 0 Å². The van der Waals surface area contributed by atoms with Gasteiger partial charge in [-0.05, 0) is 43.2 Å². The van der Waals surface area contributed by atoms with E-state index in [4.69, 9.17) is 16.3 Å². The Morgan fingerprint density at radius 2 is 2.09 bits per heavy atom. The number of thioether (sulfide) groups is 1. The fourth-order valence-corrected chi connectivity index (χ4v) is 3.14. The molecule has 0 bridgehead atoms. The molecular weight excluding hydrogens is 332 g/mol. The van der Waals surface area contributed by atoms with Crippen LogP contribution >= 0.6 is 23.4 Å². The van der Waals surface area contributed by atoms with Crippen molar-refractivity contribution in [2.45, 2.75) is 18.0 Å². The van der Waals surface area contributed by atoms with E-state index in [1.807, 2.05) is 18.5 Å². The van der Waals surface area contributed by atoms with Crippen LogP contribution in [0.4, 0.5) is 5.82 Å². The van der Waals surface area contributed by atoms with E-state index in [-0.39, 0.29) is 0 Å². The third kappa shape index (κ3) is 4.26. The van der Waals surface area contributed by atoms with Gasteiger partial charge in [-0.3, -0.25) is 0 Å². The van der Waals surface area contributed by atoms with Crippen LogP contribution in [0.5, 0.6) is 5.88 Å². The monoisotopic (exact) mass is 350 g/mol. The minimum atomic E-state index is 0.520. The van der Waals surface area contributed by atoms with Gasteiger partial charge in [0.25, 0.3) is 0 Å². The molecule has 0 unspecified atom stereocenters. The summed E-state index contributed by atoms with van der Waals surface area (Å²) in [6.07, 6.45) is 7.66. The van der Waals surface area contributed by atoms with E-state index in [1.165, 1.54) is 0 Å². The van der Waals surface area contributed by atoms with Crippen molar-refractivity contribution in [1.82, 2.24) is 15.0 Å². The second-order valence-corrected chi connectivity index (χ2v) is 6.61. The maximum absolute atomic E-state index is 6.06. The number of anilines is 1. The average molecular weight is 351 g/mol. The molecular formula is C16H19ClN4OS. The molecule has 1 saturated heterocycles. The summed E-state index contributed by atoms with van der Waals surface area (Å²) in [6, 6.07) is 5.58. The van der Waals surface area contributed by atoms with Gasteiger partial charge in [0.15, 0.2) is 5.16 Å². The number of aromatic nitrogens is 3. The molecule has 3 rings (SSSR count). The highest BCUT2D eigenvalue weighted by molar-refractivity contribution is 7.98. The van der Waals surface area contributed by atoms with Gasteiger partial charge in [-0.1, -0.05) is 23.4 Å². The minimum absolute atomic E-state index is 0.520. The fourth-order valence-electron chi connectivity index (χ4n) is 2.61. The van der Waals surface area contributed by atoms with Crippen molar-refractivity contribution < 1.29 is 4.74 Å². The molecule has 122 valence electrons. The summed E-state index contributed by atoms with van der Waals surface area (Å²) < 4.78 is 5.76. The van der Waals surface area contributed by atoms with Gasteiger partial charge in [0.2, 0.25) is 5.88 Å². The average Bonchev–Trinajstić information content (AvgIpc) is 2.61. The summed E-state index contributed by atoms with van der Waals surface area (Å²) in [7, 11) is 0. The van der Waals surface area contributed by atoms with Crippen molar-refractivity contribution in [3.8, 4) is 5.88 Å². The third-order valence-corrected chi connectivity index (χ3v) is 4.77. The summed E-state index contributed by atoms with van der Waals surface area (Å²) in [5, 5.41) is 1.38. The van der Waals surface area contributed by atoms with Crippen molar-refractivity contribution in [2.75, 3.05) is 30.9 Å². The highest BCUT2D eigenvalue weighted by atomic mass is 35.5. The van der Waals surface area contributed by atoms with Crippen LogP contribution in [-0.2, 0) is 0 Å². The Morgan fingerprint density at radius 1 is 1.26 bits per heavy atom. The van der Waals surface area contributed by atoms with Crippen molar-refractivity contribution >= 4 is 29.2 Å². The van der Waals surface area contributed by atoms with Gasteiger partial charge < -0.3 is 9.64 Å². The quantitative estimate of drug-likeness (QED) is 0.607. The molecule has 7 heteroatoms. The molecule has 0 N–H and O–H groups in total. The van der Waals surface area contributed by atoms with Crippen molar-refractivity contribution in [3.63, 3.8) is 0 Å². The first-order chi connectivity index (χ1) is 11.3. The van der Waals surface area contributed by atoms with Crippen LogP contribution in [0.15, 0.2) is 35.7 Å². The largest absolute Gasteiger partial charge is 0.476 e. The summed E-state index contributed by atoms with van der Waals surface area (Å²) in [5.41, 5.74) is 0. The van der Waals surface area contributed by atoms with Gasteiger partial charge in [-0.15, -0.1) is 0 Å². The third-order valence-electron chi connectivity index (χ3n) is 3.92. The molecule has 0 aromatic carbocycles. The molecule has 0 saturated carbocycles. The Balaban J connectivity index is 1.51. The topological polar surface area (TPSA) is 51.1 Å².